The molecule has 0 aliphatic carbocycles. The van der Waals surface area contributed by atoms with E-state index in [9.17, 15) is 30.0 Å². The molecule has 11 nitrogen and oxygen atoms in total. The number of rotatable bonds is 3. The molecule has 1 spiro atoms. The molecule has 5 aliphatic rings. The molecule has 10 atom stereocenters. The lowest BCUT2D eigenvalue weighted by atomic mass is 9.66. The molecule has 0 radical (unpaired) electrons. The average Bonchev–Trinajstić information content (AvgIpc) is 3.41. The Hall–Kier alpha value is -2.54. The number of carbonyl (C=O) groups excluding carboxylic acids is 2. The van der Waals surface area contributed by atoms with E-state index in [-0.39, 0.29) is 35.5 Å². The number of fused-ring (bicyclic) bond motifs is 5. The number of nitrogens with one attached hydrogen (secondary N) is 1. The van der Waals surface area contributed by atoms with E-state index in [4.69, 9.17) is 14.2 Å². The van der Waals surface area contributed by atoms with Gasteiger partial charge in [0.25, 0.3) is 0 Å². The molecule has 10 unspecified atom stereocenters. The summed E-state index contributed by atoms with van der Waals surface area (Å²) in [7, 11) is 0. The van der Waals surface area contributed by atoms with Crippen LogP contribution in [0, 0.1) is 11.8 Å². The molecule has 3 fully saturated rings. The fraction of sp³-hybridized carbons (Fsp3) is 0.615. The molecule has 5 heterocycles. The molecule has 0 bridgehead atoms. The van der Waals surface area contributed by atoms with Crippen molar-refractivity contribution >= 4 is 17.6 Å². The standard InChI is InChI=1S/C26H32N2O9/c1-12-14-9-28-7-6-26(16-4-2-3-5-17(16)27-25(26)34)19(28)8-13(14)15(11-35-12)23(33)37-24-22(32)21(31)20(30)18(10-29)36-24/h2-5,11-14,18-22,24,29-32H,6-10H2,1H3,(H,27,34). The van der Waals surface area contributed by atoms with Crippen molar-refractivity contribution in [2.75, 3.05) is 25.0 Å². The first kappa shape index (κ1) is 24.8. The summed E-state index contributed by atoms with van der Waals surface area (Å²) in [5.74, 6) is -1.08. The lowest BCUT2D eigenvalue weighted by Gasteiger charge is -2.48. The van der Waals surface area contributed by atoms with Gasteiger partial charge in [-0.1, -0.05) is 18.2 Å². The first-order valence-electron chi connectivity index (χ1n) is 12.8. The molecule has 5 N–H and O–H groups in total. The van der Waals surface area contributed by atoms with Crippen LogP contribution in [0.4, 0.5) is 5.69 Å². The summed E-state index contributed by atoms with van der Waals surface area (Å²) in [6.07, 6.45) is -5.22. The van der Waals surface area contributed by atoms with Crippen LogP contribution in [0.25, 0.3) is 0 Å². The van der Waals surface area contributed by atoms with E-state index in [0.29, 0.717) is 19.4 Å². The average molecular weight is 517 g/mol. The van der Waals surface area contributed by atoms with Crippen molar-refractivity contribution in [1.29, 1.82) is 0 Å². The zero-order valence-electron chi connectivity index (χ0n) is 20.4. The molecule has 200 valence electrons. The number of esters is 1. The van der Waals surface area contributed by atoms with Gasteiger partial charge in [-0.15, -0.1) is 0 Å². The van der Waals surface area contributed by atoms with E-state index in [2.05, 4.69) is 10.2 Å². The van der Waals surface area contributed by atoms with Gasteiger partial charge in [0.05, 0.1) is 30.0 Å². The van der Waals surface area contributed by atoms with Gasteiger partial charge >= 0.3 is 5.97 Å². The lowest BCUT2D eigenvalue weighted by molar-refractivity contribution is -0.291. The second-order valence-corrected chi connectivity index (χ2v) is 10.8. The summed E-state index contributed by atoms with van der Waals surface area (Å²) in [6, 6.07) is 7.63. The van der Waals surface area contributed by atoms with E-state index in [1.165, 1.54) is 6.26 Å². The normalized spacial score (nSPS) is 42.8. The minimum atomic E-state index is -1.69. The highest BCUT2D eigenvalue weighted by Crippen LogP contribution is 2.54. The number of nitrogens with zero attached hydrogens (tertiary/aromatic N) is 1. The quantitative estimate of drug-likeness (QED) is 0.323. The van der Waals surface area contributed by atoms with Gasteiger partial charge in [-0.05, 0) is 37.9 Å². The van der Waals surface area contributed by atoms with E-state index in [1.807, 2.05) is 31.2 Å². The molecular weight excluding hydrogens is 484 g/mol. The first-order chi connectivity index (χ1) is 17.8. The van der Waals surface area contributed by atoms with Crippen LogP contribution in [0.15, 0.2) is 36.1 Å². The van der Waals surface area contributed by atoms with Gasteiger partial charge in [0, 0.05) is 30.1 Å². The van der Waals surface area contributed by atoms with Crippen molar-refractivity contribution in [3.8, 4) is 0 Å². The Morgan fingerprint density at radius 1 is 1.22 bits per heavy atom. The Kier molecular flexibility index (Phi) is 6.05. The van der Waals surface area contributed by atoms with Gasteiger partial charge in [-0.25, -0.2) is 4.79 Å². The van der Waals surface area contributed by atoms with Crippen LogP contribution in [0.3, 0.4) is 0 Å². The minimum absolute atomic E-state index is 0.0193. The molecule has 1 amide bonds. The highest BCUT2D eigenvalue weighted by molar-refractivity contribution is 6.07. The van der Waals surface area contributed by atoms with Crippen LogP contribution < -0.4 is 5.32 Å². The van der Waals surface area contributed by atoms with Crippen LogP contribution in [0.2, 0.25) is 0 Å². The SMILES string of the molecule is CC1OC=C(C(=O)OC2OC(CO)C(O)C(O)C2O)C2CC3N(CCC34C(=O)Nc3ccccc34)CC12. The van der Waals surface area contributed by atoms with Gasteiger partial charge in [0.2, 0.25) is 12.2 Å². The molecule has 5 aliphatic heterocycles. The number of benzene rings is 1. The Bertz CT molecular complexity index is 1130. The highest BCUT2D eigenvalue weighted by Gasteiger charge is 2.61. The smallest absolute Gasteiger partial charge is 0.339 e. The number of aliphatic hydroxyl groups is 4. The third-order valence-corrected chi connectivity index (χ3v) is 9.02. The number of carbonyl (C=O) groups is 2. The summed E-state index contributed by atoms with van der Waals surface area (Å²) in [5.41, 5.74) is 1.39. The molecule has 3 saturated heterocycles. The second kappa shape index (κ2) is 9.04. The van der Waals surface area contributed by atoms with Gasteiger partial charge < -0.3 is 40.0 Å². The maximum atomic E-state index is 13.4. The van der Waals surface area contributed by atoms with Crippen molar-refractivity contribution in [2.24, 2.45) is 11.8 Å². The molecule has 0 saturated carbocycles. The van der Waals surface area contributed by atoms with Crippen molar-refractivity contribution in [1.82, 2.24) is 4.90 Å². The van der Waals surface area contributed by atoms with Crippen LogP contribution in [-0.2, 0) is 29.2 Å². The largest absolute Gasteiger partial charge is 0.497 e. The van der Waals surface area contributed by atoms with E-state index in [1.54, 1.807) is 0 Å². The van der Waals surface area contributed by atoms with E-state index >= 15 is 0 Å². The number of anilines is 1. The Morgan fingerprint density at radius 2 is 2.00 bits per heavy atom. The Balaban J connectivity index is 1.26. The summed E-state index contributed by atoms with van der Waals surface area (Å²) in [6.45, 7) is 2.74. The van der Waals surface area contributed by atoms with Crippen molar-refractivity contribution in [2.45, 2.75) is 68.0 Å². The second-order valence-electron chi connectivity index (χ2n) is 10.8. The molecule has 1 aromatic carbocycles. The molecule has 0 aromatic heterocycles. The molecule has 37 heavy (non-hydrogen) atoms. The fourth-order valence-electron chi connectivity index (χ4n) is 6.99. The fourth-order valence-corrected chi connectivity index (χ4v) is 6.99. The van der Waals surface area contributed by atoms with Crippen molar-refractivity contribution in [3.05, 3.63) is 41.7 Å². The number of amides is 1. The van der Waals surface area contributed by atoms with Gasteiger partial charge in [0.1, 0.15) is 24.4 Å². The maximum absolute atomic E-state index is 13.4. The summed E-state index contributed by atoms with van der Waals surface area (Å²) in [4.78, 5) is 29.1. The molecule has 11 heteroatoms. The zero-order chi connectivity index (χ0) is 26.1. The van der Waals surface area contributed by atoms with Gasteiger partial charge in [0.15, 0.2) is 0 Å². The zero-order valence-corrected chi connectivity index (χ0v) is 20.4. The summed E-state index contributed by atoms with van der Waals surface area (Å²) < 4.78 is 16.6. The van der Waals surface area contributed by atoms with Gasteiger partial charge in [-0.2, -0.15) is 0 Å². The van der Waals surface area contributed by atoms with E-state index in [0.717, 1.165) is 17.8 Å². The van der Waals surface area contributed by atoms with E-state index < -0.39 is 48.7 Å². The predicted molar refractivity (Wildman–Crippen MR) is 127 cm³/mol. The van der Waals surface area contributed by atoms with Crippen LogP contribution in [0.5, 0.6) is 0 Å². The van der Waals surface area contributed by atoms with Crippen molar-refractivity contribution in [3.63, 3.8) is 0 Å². The molecule has 6 rings (SSSR count). The number of para-hydroxylation sites is 1. The third kappa shape index (κ3) is 3.63. The number of hydrogen-bond acceptors (Lipinski definition) is 10. The van der Waals surface area contributed by atoms with Gasteiger partial charge in [-0.3, -0.25) is 9.69 Å². The lowest BCUT2D eigenvalue weighted by Crippen LogP contribution is -2.60. The topological polar surface area (TPSA) is 158 Å². The maximum Gasteiger partial charge on any atom is 0.339 e. The molecular formula is C26H32N2O9. The van der Waals surface area contributed by atoms with Crippen LogP contribution >= 0.6 is 0 Å². The minimum Gasteiger partial charge on any atom is -0.497 e. The molecule has 1 aromatic rings. The summed E-state index contributed by atoms with van der Waals surface area (Å²) >= 11 is 0. The Labute approximate surface area is 213 Å². The van der Waals surface area contributed by atoms with Crippen LogP contribution in [-0.4, -0.2) is 99.8 Å². The number of ether oxygens (including phenoxy) is 3. The highest BCUT2D eigenvalue weighted by atomic mass is 16.7. The number of hydrogen-bond donors (Lipinski definition) is 5. The predicted octanol–water partition coefficient (Wildman–Crippen LogP) is -0.767. The number of aliphatic hydroxyl groups excluding tert-OH is 4. The summed E-state index contributed by atoms with van der Waals surface area (Å²) in [5, 5.41) is 42.9. The Morgan fingerprint density at radius 3 is 2.78 bits per heavy atom. The monoisotopic (exact) mass is 516 g/mol. The third-order valence-electron chi connectivity index (χ3n) is 9.02. The first-order valence-corrected chi connectivity index (χ1v) is 12.8. The number of piperidine rings is 1. The van der Waals surface area contributed by atoms with Crippen molar-refractivity contribution < 1.29 is 44.2 Å². The van der Waals surface area contributed by atoms with Crippen LogP contribution in [0.1, 0.15) is 25.3 Å².